The summed E-state index contributed by atoms with van der Waals surface area (Å²) in [4.78, 5) is 28.5. The molecule has 3 aromatic carbocycles. The molecule has 0 bridgehead atoms. The van der Waals surface area contributed by atoms with Crippen molar-refractivity contribution in [3.8, 4) is 23.0 Å². The van der Waals surface area contributed by atoms with E-state index in [0.29, 0.717) is 52.5 Å². The van der Waals surface area contributed by atoms with E-state index in [1.807, 2.05) is 25.1 Å². The second kappa shape index (κ2) is 12.3. The van der Waals surface area contributed by atoms with E-state index in [1.165, 1.54) is 0 Å². The van der Waals surface area contributed by atoms with Gasteiger partial charge < -0.3 is 33.3 Å². The molecule has 41 heavy (non-hydrogen) atoms. The Morgan fingerprint density at radius 3 is 2.59 bits per heavy atom. The third kappa shape index (κ3) is 5.78. The molecule has 0 fully saturated rings. The molecule has 2 aliphatic rings. The van der Waals surface area contributed by atoms with Gasteiger partial charge >= 0.3 is 5.97 Å². The second-order valence-corrected chi connectivity index (χ2v) is 10.1. The fourth-order valence-electron chi connectivity index (χ4n) is 5.19. The van der Waals surface area contributed by atoms with Crippen LogP contribution in [0.25, 0.3) is 0 Å². The van der Waals surface area contributed by atoms with Crippen LogP contribution in [0, 0.1) is 6.92 Å². The van der Waals surface area contributed by atoms with Crippen LogP contribution in [-0.4, -0.2) is 52.0 Å². The molecular weight excluding hydrogens is 550 g/mol. The second-order valence-electron chi connectivity index (χ2n) is 9.62. The molecular formula is C31H32ClNO8. The molecule has 2 atom stereocenters. The molecule has 2 aliphatic heterocycles. The predicted octanol–water partition coefficient (Wildman–Crippen LogP) is 5.41. The largest absolute Gasteiger partial charge is 0.497 e. The zero-order valence-electron chi connectivity index (χ0n) is 23.4. The lowest BCUT2D eigenvalue weighted by molar-refractivity contribution is -0.151. The van der Waals surface area contributed by atoms with E-state index >= 15 is 0 Å². The summed E-state index contributed by atoms with van der Waals surface area (Å²) >= 11 is 6.51. The molecule has 0 N–H and O–H groups in total. The van der Waals surface area contributed by atoms with E-state index in [2.05, 4.69) is 0 Å². The highest BCUT2D eigenvalue weighted by atomic mass is 35.5. The number of ether oxygens (including phenoxy) is 6. The molecule has 0 saturated carbocycles. The maximum Gasteiger partial charge on any atom is 0.308 e. The number of esters is 1. The van der Waals surface area contributed by atoms with Gasteiger partial charge in [-0.15, -0.1) is 0 Å². The third-order valence-electron chi connectivity index (χ3n) is 7.17. The minimum Gasteiger partial charge on any atom is -0.497 e. The van der Waals surface area contributed by atoms with Crippen LogP contribution in [-0.2, 0) is 25.6 Å². The summed E-state index contributed by atoms with van der Waals surface area (Å²) in [5, 5.41) is 0.478. The highest BCUT2D eigenvalue weighted by Gasteiger charge is 2.39. The van der Waals surface area contributed by atoms with Gasteiger partial charge in [0.05, 0.1) is 39.5 Å². The van der Waals surface area contributed by atoms with Crippen molar-refractivity contribution in [2.75, 3.05) is 38.9 Å². The smallest absolute Gasteiger partial charge is 0.308 e. The van der Waals surface area contributed by atoms with Crippen LogP contribution in [0.1, 0.15) is 41.7 Å². The van der Waals surface area contributed by atoms with Crippen molar-refractivity contribution >= 4 is 29.2 Å². The van der Waals surface area contributed by atoms with Crippen molar-refractivity contribution in [2.45, 2.75) is 39.0 Å². The monoisotopic (exact) mass is 581 g/mol. The molecule has 0 aromatic heterocycles. The molecule has 0 unspecified atom stereocenters. The summed E-state index contributed by atoms with van der Waals surface area (Å²) in [6, 6.07) is 14.4. The summed E-state index contributed by atoms with van der Waals surface area (Å²) in [7, 11) is 3.13. The van der Waals surface area contributed by atoms with Gasteiger partial charge in [-0.05, 0) is 55.8 Å². The standard InChI is InChI=1S/C31H32ClNO8/c1-5-38-28(34)16-27-31(35)33(17-19-6-8-21(36-3)15-26(19)37-4)24-10-7-20(32)14-23(24)30(41-27)22-9-11-25-29(18(22)2)40-13-12-39-25/h6-11,14-15,27,30H,5,12-13,16-17H2,1-4H3/t27-,30-/m1/s1. The summed E-state index contributed by atoms with van der Waals surface area (Å²) in [6.45, 7) is 4.86. The number of amides is 1. The first-order valence-corrected chi connectivity index (χ1v) is 13.7. The molecule has 10 heteroatoms. The Labute approximate surface area is 243 Å². The number of carbonyl (C=O) groups is 2. The first kappa shape index (κ1) is 28.6. The van der Waals surface area contributed by atoms with Gasteiger partial charge in [-0.1, -0.05) is 17.7 Å². The Hall–Kier alpha value is -3.95. The van der Waals surface area contributed by atoms with Crippen molar-refractivity contribution in [3.05, 3.63) is 75.8 Å². The fraction of sp³-hybridized carbons (Fsp3) is 0.355. The summed E-state index contributed by atoms with van der Waals surface area (Å²) < 4.78 is 34.4. The number of hydrogen-bond donors (Lipinski definition) is 0. The van der Waals surface area contributed by atoms with E-state index in [-0.39, 0.29) is 19.6 Å². The Kier molecular flexibility index (Phi) is 8.56. The number of carbonyl (C=O) groups excluding carboxylic acids is 2. The van der Waals surface area contributed by atoms with Crippen LogP contribution in [0.5, 0.6) is 23.0 Å². The minimum atomic E-state index is -1.14. The van der Waals surface area contributed by atoms with E-state index in [1.54, 1.807) is 56.4 Å². The number of methoxy groups -OCH3 is 2. The Morgan fingerprint density at radius 1 is 1.02 bits per heavy atom. The highest BCUT2D eigenvalue weighted by Crippen LogP contribution is 2.45. The molecule has 3 aromatic rings. The lowest BCUT2D eigenvalue weighted by atomic mass is 9.94. The number of halogens is 1. The van der Waals surface area contributed by atoms with E-state index in [4.69, 9.17) is 40.0 Å². The molecule has 1 amide bonds. The van der Waals surface area contributed by atoms with Crippen LogP contribution < -0.4 is 23.8 Å². The van der Waals surface area contributed by atoms with E-state index in [0.717, 1.165) is 16.7 Å². The van der Waals surface area contributed by atoms with Crippen molar-refractivity contribution in [2.24, 2.45) is 0 Å². The maximum absolute atomic E-state index is 14.2. The molecule has 5 rings (SSSR count). The topological polar surface area (TPSA) is 92.8 Å². The van der Waals surface area contributed by atoms with Gasteiger partial charge in [-0.3, -0.25) is 9.59 Å². The zero-order chi connectivity index (χ0) is 29.1. The average molecular weight is 582 g/mol. The summed E-state index contributed by atoms with van der Waals surface area (Å²) in [5.74, 6) is 1.52. The zero-order valence-corrected chi connectivity index (χ0v) is 24.2. The van der Waals surface area contributed by atoms with Crippen LogP contribution in [0.4, 0.5) is 5.69 Å². The lowest BCUT2D eigenvalue weighted by Gasteiger charge is -2.26. The molecule has 0 radical (unpaired) electrons. The molecule has 2 heterocycles. The predicted molar refractivity (Wildman–Crippen MR) is 152 cm³/mol. The summed E-state index contributed by atoms with van der Waals surface area (Å²) in [5.41, 5.74) is 3.59. The van der Waals surface area contributed by atoms with Crippen LogP contribution in [0.2, 0.25) is 5.02 Å². The quantitative estimate of drug-likeness (QED) is 0.326. The number of fused-ring (bicyclic) bond motifs is 2. The number of hydrogen-bond acceptors (Lipinski definition) is 8. The molecule has 0 saturated heterocycles. The molecule has 0 aliphatic carbocycles. The first-order valence-electron chi connectivity index (χ1n) is 13.4. The van der Waals surface area contributed by atoms with Gasteiger partial charge in [0.1, 0.15) is 36.9 Å². The number of rotatable bonds is 8. The Bertz CT molecular complexity index is 1460. The average Bonchev–Trinajstić information content (AvgIpc) is 3.08. The molecule has 0 spiro atoms. The van der Waals surface area contributed by atoms with Gasteiger partial charge in [0.2, 0.25) is 0 Å². The van der Waals surface area contributed by atoms with Crippen LogP contribution in [0.3, 0.4) is 0 Å². The Balaban J connectivity index is 1.65. The van der Waals surface area contributed by atoms with E-state index < -0.39 is 24.1 Å². The van der Waals surface area contributed by atoms with Gasteiger partial charge in [-0.25, -0.2) is 0 Å². The third-order valence-corrected chi connectivity index (χ3v) is 7.40. The number of anilines is 1. The molecule has 9 nitrogen and oxygen atoms in total. The van der Waals surface area contributed by atoms with Crippen molar-refractivity contribution in [1.29, 1.82) is 0 Å². The maximum atomic E-state index is 14.2. The van der Waals surface area contributed by atoms with E-state index in [9.17, 15) is 9.59 Å². The van der Waals surface area contributed by atoms with Crippen molar-refractivity contribution in [3.63, 3.8) is 0 Å². The molecule has 216 valence electrons. The SMILES string of the molecule is CCOC(=O)C[C@H]1O[C@H](c2ccc3c(c2C)OCCO3)c2cc(Cl)ccc2N(Cc2ccc(OC)cc2OC)C1=O. The normalized spacial score (nSPS) is 17.9. The minimum absolute atomic E-state index is 0.149. The van der Waals surface area contributed by atoms with Crippen LogP contribution >= 0.6 is 11.6 Å². The highest BCUT2D eigenvalue weighted by molar-refractivity contribution is 6.30. The first-order chi connectivity index (χ1) is 19.8. The van der Waals surface area contributed by atoms with Crippen LogP contribution in [0.15, 0.2) is 48.5 Å². The number of benzene rings is 3. The summed E-state index contributed by atoms with van der Waals surface area (Å²) in [6.07, 6.45) is -2.14. The van der Waals surface area contributed by atoms with Gasteiger partial charge in [0.25, 0.3) is 5.91 Å². The number of nitrogens with zero attached hydrogens (tertiary/aromatic N) is 1. The van der Waals surface area contributed by atoms with Crippen molar-refractivity contribution in [1.82, 2.24) is 0 Å². The fourth-order valence-corrected chi connectivity index (χ4v) is 5.37. The van der Waals surface area contributed by atoms with Gasteiger partial charge in [0.15, 0.2) is 11.5 Å². The van der Waals surface area contributed by atoms with Crippen molar-refractivity contribution < 1.29 is 38.0 Å². The Morgan fingerprint density at radius 2 is 1.83 bits per heavy atom. The lowest BCUT2D eigenvalue weighted by Crippen LogP contribution is -2.40. The van der Waals surface area contributed by atoms with Gasteiger partial charge in [0, 0.05) is 27.8 Å². The van der Waals surface area contributed by atoms with Gasteiger partial charge in [-0.2, -0.15) is 0 Å².